The Kier molecular flexibility index (Phi) is 6.87. The average Bonchev–Trinajstić information content (AvgIpc) is 2.91. The van der Waals surface area contributed by atoms with Gasteiger partial charge in [0.1, 0.15) is 5.82 Å². The molecule has 198 valence electrons. The van der Waals surface area contributed by atoms with Crippen molar-refractivity contribution >= 4 is 23.5 Å². The molecule has 37 heavy (non-hydrogen) atoms. The second-order valence-electron chi connectivity index (χ2n) is 9.56. The molecular formula is C26H30F3N5O3. The lowest BCUT2D eigenvalue weighted by atomic mass is 9.82. The van der Waals surface area contributed by atoms with E-state index in [9.17, 15) is 22.8 Å². The second kappa shape index (κ2) is 10.1. The lowest BCUT2D eigenvalue weighted by molar-refractivity contribution is -0.138. The number of rotatable bonds is 3. The van der Waals surface area contributed by atoms with Crippen LogP contribution in [0, 0.1) is 5.92 Å². The smallest absolute Gasteiger partial charge is 0.416 e. The fourth-order valence-corrected chi connectivity index (χ4v) is 5.59. The Morgan fingerprint density at radius 3 is 2.46 bits per heavy atom. The molecule has 0 spiro atoms. The number of hydrogen-bond acceptors (Lipinski definition) is 6. The largest absolute Gasteiger partial charge is 0.450 e. The predicted octanol–water partition coefficient (Wildman–Crippen LogP) is 3.27. The summed E-state index contributed by atoms with van der Waals surface area (Å²) in [4.78, 5) is 37.9. The van der Waals surface area contributed by atoms with Crippen molar-refractivity contribution in [2.24, 2.45) is 5.92 Å². The quantitative estimate of drug-likeness (QED) is 0.623. The normalized spacial score (nSPS) is 21.8. The Morgan fingerprint density at radius 2 is 1.78 bits per heavy atom. The summed E-state index contributed by atoms with van der Waals surface area (Å²) in [6.07, 6.45) is -2.90. The summed E-state index contributed by atoms with van der Waals surface area (Å²) in [6.45, 7) is 5.22. The van der Waals surface area contributed by atoms with E-state index in [0.717, 1.165) is 17.6 Å². The van der Waals surface area contributed by atoms with Gasteiger partial charge in [0.15, 0.2) is 0 Å². The van der Waals surface area contributed by atoms with Gasteiger partial charge < -0.3 is 24.3 Å². The highest BCUT2D eigenvalue weighted by Gasteiger charge is 2.44. The zero-order chi connectivity index (χ0) is 26.2. The van der Waals surface area contributed by atoms with Crippen molar-refractivity contribution < 1.29 is 27.5 Å². The molecule has 3 aliphatic rings. The third-order valence-electron chi connectivity index (χ3n) is 7.45. The summed E-state index contributed by atoms with van der Waals surface area (Å²) in [5.41, 5.74) is 0.599. The molecule has 0 saturated carbocycles. The van der Waals surface area contributed by atoms with Gasteiger partial charge in [-0.1, -0.05) is 6.07 Å². The van der Waals surface area contributed by atoms with Gasteiger partial charge in [-0.3, -0.25) is 4.79 Å². The van der Waals surface area contributed by atoms with Crippen LogP contribution in [0.25, 0.3) is 0 Å². The van der Waals surface area contributed by atoms with E-state index < -0.39 is 23.8 Å². The zero-order valence-electron chi connectivity index (χ0n) is 20.7. The van der Waals surface area contributed by atoms with Crippen LogP contribution in [0.5, 0.6) is 0 Å². The standard InChI is InChI=1S/C26H30F3N5O3/c1-2-37-25(36)32-11-9-31(10-12-32)24(35)20-16-18-15-19(26(27,28)29)6-7-21(18)34-14-13-33(17-22(20)34)23-5-3-4-8-30-23/h3-8,15,20,22H,2,9-14,16-17H2,1H3. The molecule has 0 aliphatic carbocycles. The maximum absolute atomic E-state index is 13.9. The number of piperazine rings is 2. The van der Waals surface area contributed by atoms with Crippen molar-refractivity contribution in [2.75, 3.05) is 62.2 Å². The lowest BCUT2D eigenvalue weighted by Crippen LogP contribution is -2.62. The van der Waals surface area contributed by atoms with E-state index in [0.29, 0.717) is 51.4 Å². The molecule has 0 radical (unpaired) electrons. The molecule has 0 bridgehead atoms. The number of halogens is 3. The fraction of sp³-hybridized carbons (Fsp3) is 0.500. The van der Waals surface area contributed by atoms with Crippen LogP contribution in [0.2, 0.25) is 0 Å². The molecule has 4 heterocycles. The molecule has 2 atom stereocenters. The van der Waals surface area contributed by atoms with Crippen LogP contribution in [-0.2, 0) is 22.1 Å². The van der Waals surface area contributed by atoms with Crippen molar-refractivity contribution in [2.45, 2.75) is 25.6 Å². The number of alkyl halides is 3. The van der Waals surface area contributed by atoms with Crippen molar-refractivity contribution in [3.8, 4) is 0 Å². The van der Waals surface area contributed by atoms with Crippen molar-refractivity contribution in [1.29, 1.82) is 0 Å². The summed E-state index contributed by atoms with van der Waals surface area (Å²) >= 11 is 0. The Balaban J connectivity index is 1.41. The summed E-state index contributed by atoms with van der Waals surface area (Å²) < 4.78 is 45.5. The summed E-state index contributed by atoms with van der Waals surface area (Å²) in [7, 11) is 0. The molecule has 0 N–H and O–H groups in total. The highest BCUT2D eigenvalue weighted by molar-refractivity contribution is 5.83. The average molecular weight is 518 g/mol. The number of aromatic nitrogens is 1. The summed E-state index contributed by atoms with van der Waals surface area (Å²) in [6, 6.07) is 9.32. The Labute approximate surface area is 213 Å². The number of benzene rings is 1. The van der Waals surface area contributed by atoms with Gasteiger partial charge in [-0.05, 0) is 49.2 Å². The first-order valence-corrected chi connectivity index (χ1v) is 12.6. The predicted molar refractivity (Wildman–Crippen MR) is 131 cm³/mol. The number of carbonyl (C=O) groups excluding carboxylic acids is 2. The molecule has 2 saturated heterocycles. The van der Waals surface area contributed by atoms with Crippen molar-refractivity contribution in [1.82, 2.24) is 14.8 Å². The fourth-order valence-electron chi connectivity index (χ4n) is 5.59. The van der Waals surface area contributed by atoms with Gasteiger partial charge in [0.25, 0.3) is 0 Å². The minimum Gasteiger partial charge on any atom is -0.450 e. The maximum Gasteiger partial charge on any atom is 0.416 e. The first-order chi connectivity index (χ1) is 17.8. The first-order valence-electron chi connectivity index (χ1n) is 12.6. The number of ether oxygens (including phenoxy) is 1. The minimum absolute atomic E-state index is 0.0931. The van der Waals surface area contributed by atoms with E-state index in [2.05, 4.69) is 14.8 Å². The van der Waals surface area contributed by atoms with Gasteiger partial charge in [0, 0.05) is 57.7 Å². The molecule has 8 nitrogen and oxygen atoms in total. The van der Waals surface area contributed by atoms with Gasteiger partial charge in [-0.2, -0.15) is 13.2 Å². The van der Waals surface area contributed by atoms with E-state index in [-0.39, 0.29) is 25.0 Å². The molecule has 5 rings (SSSR count). The molecule has 2 fully saturated rings. The topological polar surface area (TPSA) is 69.2 Å². The van der Waals surface area contributed by atoms with Gasteiger partial charge in [-0.25, -0.2) is 9.78 Å². The monoisotopic (exact) mass is 517 g/mol. The number of pyridine rings is 1. The second-order valence-corrected chi connectivity index (χ2v) is 9.56. The first kappa shape index (κ1) is 25.2. The number of amides is 2. The van der Waals surface area contributed by atoms with Crippen LogP contribution in [0.15, 0.2) is 42.6 Å². The van der Waals surface area contributed by atoms with Gasteiger partial charge in [-0.15, -0.1) is 0 Å². The van der Waals surface area contributed by atoms with Crippen LogP contribution >= 0.6 is 0 Å². The van der Waals surface area contributed by atoms with Crippen LogP contribution in [0.4, 0.5) is 29.5 Å². The lowest BCUT2D eigenvalue weighted by Gasteiger charge is -2.50. The van der Waals surface area contributed by atoms with Gasteiger partial charge in [0.2, 0.25) is 5.91 Å². The van der Waals surface area contributed by atoms with E-state index in [1.54, 1.807) is 29.0 Å². The number of carbonyl (C=O) groups is 2. The molecule has 1 aromatic heterocycles. The van der Waals surface area contributed by atoms with E-state index >= 15 is 0 Å². The van der Waals surface area contributed by atoms with Crippen LogP contribution in [-0.4, -0.2) is 85.2 Å². The van der Waals surface area contributed by atoms with Crippen LogP contribution in [0.1, 0.15) is 18.1 Å². The minimum atomic E-state index is -4.45. The molecule has 2 amide bonds. The molecule has 2 aromatic rings. The van der Waals surface area contributed by atoms with E-state index in [1.807, 2.05) is 18.2 Å². The molecule has 11 heteroatoms. The number of nitrogens with zero attached hydrogens (tertiary/aromatic N) is 5. The molecular weight excluding hydrogens is 487 g/mol. The zero-order valence-corrected chi connectivity index (χ0v) is 20.7. The van der Waals surface area contributed by atoms with Gasteiger partial charge >= 0.3 is 12.3 Å². The van der Waals surface area contributed by atoms with Crippen molar-refractivity contribution in [3.63, 3.8) is 0 Å². The Morgan fingerprint density at radius 1 is 1.03 bits per heavy atom. The highest BCUT2D eigenvalue weighted by atomic mass is 19.4. The van der Waals surface area contributed by atoms with E-state index in [4.69, 9.17) is 4.74 Å². The number of anilines is 2. The Hall–Kier alpha value is -3.50. The van der Waals surface area contributed by atoms with E-state index in [1.165, 1.54) is 6.07 Å². The summed E-state index contributed by atoms with van der Waals surface area (Å²) in [5.74, 6) is 0.204. The third-order valence-corrected chi connectivity index (χ3v) is 7.45. The van der Waals surface area contributed by atoms with Crippen LogP contribution in [0.3, 0.4) is 0 Å². The van der Waals surface area contributed by atoms with Gasteiger partial charge in [0.05, 0.1) is 24.1 Å². The SMILES string of the molecule is CCOC(=O)N1CCN(C(=O)C2Cc3cc(C(F)(F)F)ccc3N3CCN(c4ccccn4)CC23)CC1. The third kappa shape index (κ3) is 5.03. The van der Waals surface area contributed by atoms with Crippen molar-refractivity contribution in [3.05, 3.63) is 53.7 Å². The van der Waals surface area contributed by atoms with Crippen LogP contribution < -0.4 is 9.80 Å². The Bertz CT molecular complexity index is 1140. The summed E-state index contributed by atoms with van der Waals surface area (Å²) in [5, 5.41) is 0. The highest BCUT2D eigenvalue weighted by Crippen LogP contribution is 2.40. The number of fused-ring (bicyclic) bond motifs is 3. The molecule has 3 aliphatic heterocycles. The molecule has 2 unspecified atom stereocenters. The maximum atomic E-state index is 13.9. The number of hydrogen-bond donors (Lipinski definition) is 0. The molecule has 1 aromatic carbocycles.